The zero-order valence-corrected chi connectivity index (χ0v) is 10.1. The van der Waals surface area contributed by atoms with Gasteiger partial charge in [-0.3, -0.25) is 0 Å². The van der Waals surface area contributed by atoms with Gasteiger partial charge in [0.25, 0.3) is 0 Å². The van der Waals surface area contributed by atoms with Crippen molar-refractivity contribution in [3.63, 3.8) is 0 Å². The van der Waals surface area contributed by atoms with E-state index in [1.165, 1.54) is 5.56 Å². The van der Waals surface area contributed by atoms with Gasteiger partial charge in [-0.15, -0.1) is 11.3 Å². The number of nitrogens with zero attached hydrogens (tertiary/aromatic N) is 1. The first-order valence-corrected chi connectivity index (χ1v) is 5.91. The molecule has 0 bridgehead atoms. The number of oxime groups is 1. The Hall–Kier alpha value is -1.61. The Kier molecular flexibility index (Phi) is 3.37. The fraction of sp³-hybridized carbons (Fsp3) is 0.154. The first-order valence-electron chi connectivity index (χ1n) is 5.03. The number of rotatable bonds is 3. The molecule has 0 atom stereocenters. The molecule has 82 valence electrons. The summed E-state index contributed by atoms with van der Waals surface area (Å²) in [5, 5.41) is 6.13. The third-order valence-electron chi connectivity index (χ3n) is 2.26. The standard InChI is InChI=1S/C13H13NOS/c1-10-5-7-11(8-6-10)13(14-15-2)12-4-3-9-16-12/h3-9H,1-2H3. The molecule has 1 aromatic heterocycles. The van der Waals surface area contributed by atoms with Gasteiger partial charge in [0.2, 0.25) is 0 Å². The molecule has 0 aliphatic carbocycles. The molecule has 0 amide bonds. The van der Waals surface area contributed by atoms with E-state index in [1.54, 1.807) is 18.4 Å². The molecule has 16 heavy (non-hydrogen) atoms. The molecule has 0 unspecified atom stereocenters. The quantitative estimate of drug-likeness (QED) is 0.585. The van der Waals surface area contributed by atoms with Crippen LogP contribution in [0.1, 0.15) is 16.0 Å². The minimum Gasteiger partial charge on any atom is -0.399 e. The van der Waals surface area contributed by atoms with Crippen LogP contribution in [0.15, 0.2) is 46.9 Å². The lowest BCUT2D eigenvalue weighted by molar-refractivity contribution is 0.214. The van der Waals surface area contributed by atoms with Crippen LogP contribution in [-0.4, -0.2) is 12.8 Å². The van der Waals surface area contributed by atoms with Crippen LogP contribution in [0.25, 0.3) is 0 Å². The summed E-state index contributed by atoms with van der Waals surface area (Å²) in [6.07, 6.45) is 0. The number of hydrogen-bond donors (Lipinski definition) is 0. The predicted molar refractivity (Wildman–Crippen MR) is 68.1 cm³/mol. The minimum atomic E-state index is 0.887. The second-order valence-electron chi connectivity index (χ2n) is 3.47. The second-order valence-corrected chi connectivity index (χ2v) is 4.41. The van der Waals surface area contributed by atoms with E-state index in [1.807, 2.05) is 17.5 Å². The average Bonchev–Trinajstić information content (AvgIpc) is 2.81. The Bertz CT molecular complexity index is 471. The van der Waals surface area contributed by atoms with Crippen LogP contribution in [0.3, 0.4) is 0 Å². The van der Waals surface area contributed by atoms with Crippen LogP contribution in [-0.2, 0) is 4.84 Å². The molecule has 1 aromatic carbocycles. The molecule has 0 fully saturated rings. The topological polar surface area (TPSA) is 21.6 Å². The van der Waals surface area contributed by atoms with Crippen LogP contribution >= 0.6 is 11.3 Å². The van der Waals surface area contributed by atoms with E-state index in [0.717, 1.165) is 16.2 Å². The Morgan fingerprint density at radius 2 is 1.94 bits per heavy atom. The molecule has 2 aromatic rings. The number of aryl methyl sites for hydroxylation is 1. The van der Waals surface area contributed by atoms with Crippen LogP contribution in [0, 0.1) is 6.92 Å². The van der Waals surface area contributed by atoms with Crippen molar-refractivity contribution in [3.8, 4) is 0 Å². The fourth-order valence-corrected chi connectivity index (χ4v) is 2.18. The lowest BCUT2D eigenvalue weighted by Gasteiger charge is -2.03. The number of benzene rings is 1. The summed E-state index contributed by atoms with van der Waals surface area (Å²) < 4.78 is 0. The third kappa shape index (κ3) is 2.31. The van der Waals surface area contributed by atoms with Gasteiger partial charge in [0, 0.05) is 5.56 Å². The number of thiophene rings is 1. The molecule has 0 N–H and O–H groups in total. The van der Waals surface area contributed by atoms with Crippen LogP contribution < -0.4 is 0 Å². The van der Waals surface area contributed by atoms with Gasteiger partial charge in [0.15, 0.2) is 0 Å². The van der Waals surface area contributed by atoms with Gasteiger partial charge < -0.3 is 4.84 Å². The highest BCUT2D eigenvalue weighted by atomic mass is 32.1. The zero-order valence-electron chi connectivity index (χ0n) is 9.31. The molecular weight excluding hydrogens is 218 g/mol. The summed E-state index contributed by atoms with van der Waals surface area (Å²) in [5.41, 5.74) is 3.21. The summed E-state index contributed by atoms with van der Waals surface area (Å²) in [7, 11) is 1.57. The van der Waals surface area contributed by atoms with Gasteiger partial charge in [0.05, 0.1) is 4.88 Å². The molecule has 0 aliphatic rings. The van der Waals surface area contributed by atoms with E-state index in [9.17, 15) is 0 Å². The monoisotopic (exact) mass is 231 g/mol. The van der Waals surface area contributed by atoms with Crippen molar-refractivity contribution < 1.29 is 4.84 Å². The average molecular weight is 231 g/mol. The number of hydrogen-bond acceptors (Lipinski definition) is 3. The Morgan fingerprint density at radius 1 is 1.19 bits per heavy atom. The molecule has 0 radical (unpaired) electrons. The predicted octanol–water partition coefficient (Wildman–Crippen LogP) is 3.46. The highest BCUT2D eigenvalue weighted by Gasteiger charge is 2.08. The van der Waals surface area contributed by atoms with E-state index >= 15 is 0 Å². The molecule has 2 nitrogen and oxygen atoms in total. The van der Waals surface area contributed by atoms with Crippen molar-refractivity contribution >= 4 is 17.0 Å². The van der Waals surface area contributed by atoms with E-state index in [-0.39, 0.29) is 0 Å². The molecule has 0 saturated carbocycles. The maximum absolute atomic E-state index is 4.91. The van der Waals surface area contributed by atoms with Gasteiger partial charge in [-0.25, -0.2) is 0 Å². The van der Waals surface area contributed by atoms with E-state index in [2.05, 4.69) is 36.3 Å². The molecule has 0 saturated heterocycles. The fourth-order valence-electron chi connectivity index (χ4n) is 1.46. The van der Waals surface area contributed by atoms with Gasteiger partial charge in [-0.05, 0) is 18.4 Å². The summed E-state index contributed by atoms with van der Waals surface area (Å²) in [6.45, 7) is 2.07. The highest BCUT2D eigenvalue weighted by molar-refractivity contribution is 7.12. The molecule has 2 rings (SSSR count). The van der Waals surface area contributed by atoms with Crippen molar-refractivity contribution in [1.82, 2.24) is 0 Å². The summed E-state index contributed by atoms with van der Waals surface area (Å²) in [4.78, 5) is 6.02. The second kappa shape index (κ2) is 4.94. The first kappa shape index (κ1) is 10.9. The lowest BCUT2D eigenvalue weighted by Crippen LogP contribution is -2.01. The SMILES string of the molecule is CON=C(c1ccc(C)cc1)c1cccs1. The Morgan fingerprint density at radius 3 is 2.50 bits per heavy atom. The smallest absolute Gasteiger partial charge is 0.127 e. The van der Waals surface area contributed by atoms with E-state index < -0.39 is 0 Å². The molecule has 0 spiro atoms. The maximum atomic E-state index is 4.91. The Labute approximate surface area is 99.2 Å². The van der Waals surface area contributed by atoms with E-state index in [4.69, 9.17) is 4.84 Å². The van der Waals surface area contributed by atoms with Gasteiger partial charge in [-0.1, -0.05) is 41.1 Å². The van der Waals surface area contributed by atoms with Crippen molar-refractivity contribution in [3.05, 3.63) is 57.8 Å². The van der Waals surface area contributed by atoms with Gasteiger partial charge >= 0.3 is 0 Å². The van der Waals surface area contributed by atoms with E-state index in [0.29, 0.717) is 0 Å². The first-order chi connectivity index (χ1) is 7.81. The normalized spacial score (nSPS) is 11.5. The highest BCUT2D eigenvalue weighted by Crippen LogP contribution is 2.16. The Balaban J connectivity index is 2.41. The third-order valence-corrected chi connectivity index (χ3v) is 3.14. The van der Waals surface area contributed by atoms with Crippen molar-refractivity contribution in [2.24, 2.45) is 5.16 Å². The van der Waals surface area contributed by atoms with Gasteiger partial charge in [0.1, 0.15) is 12.8 Å². The van der Waals surface area contributed by atoms with Crippen molar-refractivity contribution in [1.29, 1.82) is 0 Å². The van der Waals surface area contributed by atoms with Crippen LogP contribution in [0.2, 0.25) is 0 Å². The largest absolute Gasteiger partial charge is 0.399 e. The molecule has 0 aliphatic heterocycles. The van der Waals surface area contributed by atoms with Crippen molar-refractivity contribution in [2.75, 3.05) is 7.11 Å². The molecular formula is C13H13NOS. The zero-order chi connectivity index (χ0) is 11.4. The minimum absolute atomic E-state index is 0.887. The molecule has 3 heteroatoms. The summed E-state index contributed by atoms with van der Waals surface area (Å²) >= 11 is 1.66. The summed E-state index contributed by atoms with van der Waals surface area (Å²) in [5.74, 6) is 0. The maximum Gasteiger partial charge on any atom is 0.127 e. The summed E-state index contributed by atoms with van der Waals surface area (Å²) in [6, 6.07) is 12.3. The van der Waals surface area contributed by atoms with Crippen LogP contribution in [0.5, 0.6) is 0 Å². The van der Waals surface area contributed by atoms with Crippen LogP contribution in [0.4, 0.5) is 0 Å². The van der Waals surface area contributed by atoms with Gasteiger partial charge in [-0.2, -0.15) is 0 Å². The molecule has 1 heterocycles. The van der Waals surface area contributed by atoms with Crippen molar-refractivity contribution in [2.45, 2.75) is 6.92 Å². The lowest BCUT2D eigenvalue weighted by atomic mass is 10.1.